The van der Waals surface area contributed by atoms with E-state index in [0.29, 0.717) is 38.4 Å². The molecule has 0 aliphatic carbocycles. The Bertz CT molecular complexity index is 449. The fraction of sp³-hybridized carbons (Fsp3) is 0.688. The molecule has 24 heavy (non-hydrogen) atoms. The number of nitrogens with one attached hydrogen (secondary N) is 2. The highest BCUT2D eigenvalue weighted by molar-refractivity contribution is 7.98. The second-order valence-electron chi connectivity index (χ2n) is 5.08. The summed E-state index contributed by atoms with van der Waals surface area (Å²) in [5.74, 6) is -0.862. The SMILES string of the molecule is CCCCOCCCNC(=O)/C(C#N)=C\NC(CCSC)C(=O)O. The number of rotatable bonds is 14. The molecule has 0 aromatic rings. The van der Waals surface area contributed by atoms with Crippen molar-refractivity contribution in [1.29, 1.82) is 5.26 Å². The number of carbonyl (C=O) groups is 2. The lowest BCUT2D eigenvalue weighted by molar-refractivity contribution is -0.139. The number of hydrogen-bond donors (Lipinski definition) is 3. The van der Waals surface area contributed by atoms with E-state index < -0.39 is 17.9 Å². The number of hydrogen-bond acceptors (Lipinski definition) is 6. The summed E-state index contributed by atoms with van der Waals surface area (Å²) in [6, 6.07) is 0.959. The number of amides is 1. The number of carboxylic acid groups (broad SMARTS) is 1. The molecule has 0 bridgehead atoms. The summed E-state index contributed by atoms with van der Waals surface area (Å²) < 4.78 is 5.37. The fourth-order valence-electron chi connectivity index (χ4n) is 1.67. The predicted octanol–water partition coefficient (Wildman–Crippen LogP) is 1.51. The average Bonchev–Trinajstić information content (AvgIpc) is 2.56. The van der Waals surface area contributed by atoms with E-state index in [-0.39, 0.29) is 5.57 Å². The van der Waals surface area contributed by atoms with Gasteiger partial charge in [-0.15, -0.1) is 0 Å². The molecule has 0 radical (unpaired) electrons. The Kier molecular flexibility index (Phi) is 13.8. The molecule has 1 amide bonds. The molecule has 0 rings (SSSR count). The van der Waals surface area contributed by atoms with Crippen LogP contribution in [0.2, 0.25) is 0 Å². The molecular weight excluding hydrogens is 330 g/mol. The zero-order valence-electron chi connectivity index (χ0n) is 14.3. The minimum absolute atomic E-state index is 0.141. The number of carbonyl (C=O) groups excluding carboxylic acids is 1. The molecule has 0 aliphatic heterocycles. The Hall–Kier alpha value is -1.72. The third-order valence-corrected chi connectivity index (χ3v) is 3.74. The van der Waals surface area contributed by atoms with Crippen molar-refractivity contribution in [2.45, 2.75) is 38.6 Å². The van der Waals surface area contributed by atoms with E-state index in [9.17, 15) is 9.59 Å². The Morgan fingerprint density at radius 2 is 2.08 bits per heavy atom. The predicted molar refractivity (Wildman–Crippen MR) is 94.6 cm³/mol. The monoisotopic (exact) mass is 357 g/mol. The van der Waals surface area contributed by atoms with Crippen molar-refractivity contribution in [3.63, 3.8) is 0 Å². The fourth-order valence-corrected chi connectivity index (χ4v) is 2.14. The van der Waals surface area contributed by atoms with Crippen molar-refractivity contribution >= 4 is 23.6 Å². The summed E-state index contributed by atoms with van der Waals surface area (Å²) in [7, 11) is 0. The maximum atomic E-state index is 11.9. The zero-order chi connectivity index (χ0) is 18.2. The van der Waals surface area contributed by atoms with Crippen molar-refractivity contribution in [3.05, 3.63) is 11.8 Å². The van der Waals surface area contributed by atoms with E-state index in [1.54, 1.807) is 6.07 Å². The second kappa shape index (κ2) is 14.8. The van der Waals surface area contributed by atoms with Gasteiger partial charge in [0.25, 0.3) is 5.91 Å². The Labute approximate surface area is 147 Å². The van der Waals surface area contributed by atoms with E-state index in [4.69, 9.17) is 15.1 Å². The van der Waals surface area contributed by atoms with Gasteiger partial charge in [-0.05, 0) is 31.3 Å². The maximum Gasteiger partial charge on any atom is 0.326 e. The Balaban J connectivity index is 4.22. The topological polar surface area (TPSA) is 111 Å². The molecule has 0 aliphatic rings. The average molecular weight is 357 g/mol. The molecule has 0 spiro atoms. The van der Waals surface area contributed by atoms with Gasteiger partial charge >= 0.3 is 5.97 Å². The molecule has 1 atom stereocenters. The van der Waals surface area contributed by atoms with Gasteiger partial charge in [0.05, 0.1) is 0 Å². The minimum atomic E-state index is -1.01. The molecule has 0 saturated carbocycles. The number of nitriles is 1. The standard InChI is InChI=1S/C16H27N3O4S/c1-3-4-8-23-9-5-7-18-15(20)13(11-17)12-19-14(16(21)22)6-10-24-2/h12,14,19H,3-10H2,1-2H3,(H,18,20)(H,21,22)/b13-12-. The van der Waals surface area contributed by atoms with Crippen LogP contribution in [0.5, 0.6) is 0 Å². The number of unbranched alkanes of at least 4 members (excludes halogenated alkanes) is 1. The highest BCUT2D eigenvalue weighted by Gasteiger charge is 2.16. The smallest absolute Gasteiger partial charge is 0.326 e. The summed E-state index contributed by atoms with van der Waals surface area (Å²) in [5.41, 5.74) is -0.141. The Morgan fingerprint density at radius 1 is 1.38 bits per heavy atom. The van der Waals surface area contributed by atoms with Gasteiger partial charge in [0.1, 0.15) is 17.7 Å². The third kappa shape index (κ3) is 10.9. The van der Waals surface area contributed by atoms with Crippen LogP contribution in [0.4, 0.5) is 0 Å². The molecule has 3 N–H and O–H groups in total. The number of ether oxygens (including phenoxy) is 1. The second-order valence-corrected chi connectivity index (χ2v) is 6.07. The van der Waals surface area contributed by atoms with E-state index in [0.717, 1.165) is 12.8 Å². The van der Waals surface area contributed by atoms with Gasteiger partial charge < -0.3 is 20.5 Å². The van der Waals surface area contributed by atoms with Gasteiger partial charge in [-0.3, -0.25) is 4.79 Å². The van der Waals surface area contributed by atoms with Crippen molar-refractivity contribution in [2.24, 2.45) is 0 Å². The molecule has 1 unspecified atom stereocenters. The number of nitrogens with zero attached hydrogens (tertiary/aromatic N) is 1. The van der Waals surface area contributed by atoms with Crippen LogP contribution in [-0.4, -0.2) is 54.8 Å². The van der Waals surface area contributed by atoms with Crippen LogP contribution in [-0.2, 0) is 14.3 Å². The number of thioether (sulfide) groups is 1. The van der Waals surface area contributed by atoms with Crippen molar-refractivity contribution < 1.29 is 19.4 Å². The van der Waals surface area contributed by atoms with Gasteiger partial charge in [-0.1, -0.05) is 13.3 Å². The molecule has 136 valence electrons. The number of carboxylic acids is 1. The first-order chi connectivity index (χ1) is 11.6. The van der Waals surface area contributed by atoms with Crippen molar-refractivity contribution in [3.8, 4) is 6.07 Å². The van der Waals surface area contributed by atoms with Crippen LogP contribution in [0, 0.1) is 11.3 Å². The molecule has 8 heteroatoms. The summed E-state index contributed by atoms with van der Waals surface area (Å²) in [5, 5.41) is 23.4. The van der Waals surface area contributed by atoms with E-state index in [1.807, 2.05) is 6.26 Å². The molecular formula is C16H27N3O4S. The first kappa shape index (κ1) is 22.3. The molecule has 0 heterocycles. The maximum absolute atomic E-state index is 11.9. The Morgan fingerprint density at radius 3 is 2.67 bits per heavy atom. The quantitative estimate of drug-likeness (QED) is 0.245. The molecule has 0 saturated heterocycles. The zero-order valence-corrected chi connectivity index (χ0v) is 15.2. The van der Waals surface area contributed by atoms with E-state index in [1.165, 1.54) is 18.0 Å². The third-order valence-electron chi connectivity index (χ3n) is 3.10. The lowest BCUT2D eigenvalue weighted by Crippen LogP contribution is -2.35. The van der Waals surface area contributed by atoms with Crippen LogP contribution in [0.1, 0.15) is 32.6 Å². The van der Waals surface area contributed by atoms with E-state index in [2.05, 4.69) is 17.6 Å². The first-order valence-electron chi connectivity index (χ1n) is 8.00. The summed E-state index contributed by atoms with van der Waals surface area (Å²) in [6.45, 7) is 3.76. The highest BCUT2D eigenvalue weighted by atomic mass is 32.2. The summed E-state index contributed by atoms with van der Waals surface area (Å²) in [4.78, 5) is 23.0. The molecule has 7 nitrogen and oxygen atoms in total. The largest absolute Gasteiger partial charge is 0.480 e. The van der Waals surface area contributed by atoms with Crippen LogP contribution in [0.25, 0.3) is 0 Å². The molecule has 0 aromatic heterocycles. The molecule has 0 aromatic carbocycles. The van der Waals surface area contributed by atoms with E-state index >= 15 is 0 Å². The van der Waals surface area contributed by atoms with Gasteiger partial charge in [0.2, 0.25) is 0 Å². The van der Waals surface area contributed by atoms with Crippen molar-refractivity contribution in [1.82, 2.24) is 10.6 Å². The van der Waals surface area contributed by atoms with Crippen LogP contribution in [0.15, 0.2) is 11.8 Å². The van der Waals surface area contributed by atoms with Gasteiger partial charge in [-0.25, -0.2) is 4.79 Å². The van der Waals surface area contributed by atoms with Crippen LogP contribution < -0.4 is 10.6 Å². The van der Waals surface area contributed by atoms with Crippen molar-refractivity contribution in [2.75, 3.05) is 31.8 Å². The van der Waals surface area contributed by atoms with Gasteiger partial charge in [0, 0.05) is 26.0 Å². The van der Waals surface area contributed by atoms with Crippen LogP contribution in [0.3, 0.4) is 0 Å². The minimum Gasteiger partial charge on any atom is -0.480 e. The normalized spacial score (nSPS) is 12.3. The van der Waals surface area contributed by atoms with Crippen LogP contribution >= 0.6 is 11.8 Å². The summed E-state index contributed by atoms with van der Waals surface area (Å²) in [6.07, 6.45) is 6.21. The number of aliphatic carboxylic acids is 1. The lowest BCUT2D eigenvalue weighted by Gasteiger charge is -2.12. The summed E-state index contributed by atoms with van der Waals surface area (Å²) >= 11 is 1.53. The molecule has 0 fully saturated rings. The van der Waals surface area contributed by atoms with Gasteiger partial charge in [0.15, 0.2) is 0 Å². The first-order valence-corrected chi connectivity index (χ1v) is 9.40. The highest BCUT2D eigenvalue weighted by Crippen LogP contribution is 2.02. The van der Waals surface area contributed by atoms with Gasteiger partial charge in [-0.2, -0.15) is 17.0 Å². The lowest BCUT2D eigenvalue weighted by atomic mass is 10.2.